The van der Waals surface area contributed by atoms with Crippen LogP contribution in [0.15, 0.2) is 0 Å². The molecule has 0 aromatic heterocycles. The van der Waals surface area contributed by atoms with Crippen LogP contribution < -0.4 is 10.6 Å². The predicted molar refractivity (Wildman–Crippen MR) is 68.6 cm³/mol. The van der Waals surface area contributed by atoms with Crippen LogP contribution >= 0.6 is 0 Å². The number of carboxylic acids is 1. The molecule has 0 spiro atoms. The zero-order valence-corrected chi connectivity index (χ0v) is 11.2. The molecule has 0 aromatic carbocycles. The Labute approximate surface area is 112 Å². The van der Waals surface area contributed by atoms with Crippen molar-refractivity contribution in [2.45, 2.75) is 25.3 Å². The van der Waals surface area contributed by atoms with Gasteiger partial charge in [-0.3, -0.25) is 9.59 Å². The lowest BCUT2D eigenvalue weighted by atomic mass is 9.95. The van der Waals surface area contributed by atoms with Crippen LogP contribution in [-0.4, -0.2) is 49.8 Å². The van der Waals surface area contributed by atoms with E-state index in [1.807, 2.05) is 7.05 Å². The van der Waals surface area contributed by atoms with Gasteiger partial charge in [-0.25, -0.2) is 0 Å². The van der Waals surface area contributed by atoms with Crippen molar-refractivity contribution in [1.29, 1.82) is 0 Å². The van der Waals surface area contributed by atoms with Crippen LogP contribution in [0, 0.1) is 17.8 Å². The van der Waals surface area contributed by atoms with E-state index in [-0.39, 0.29) is 29.7 Å². The molecular weight excluding hydrogens is 248 g/mol. The summed E-state index contributed by atoms with van der Waals surface area (Å²) in [5, 5.41) is 15.1. The Morgan fingerprint density at radius 2 is 2.05 bits per heavy atom. The molecule has 4 atom stereocenters. The van der Waals surface area contributed by atoms with Crippen LogP contribution in [0.5, 0.6) is 0 Å². The number of hydrogen-bond donors (Lipinski definition) is 3. The van der Waals surface area contributed by atoms with E-state index >= 15 is 0 Å². The fourth-order valence-electron chi connectivity index (χ4n) is 3.07. The van der Waals surface area contributed by atoms with Crippen molar-refractivity contribution >= 4 is 11.9 Å². The third-order valence-corrected chi connectivity index (χ3v) is 4.30. The van der Waals surface area contributed by atoms with Gasteiger partial charge in [-0.05, 0) is 25.8 Å². The Hall–Kier alpha value is -1.14. The van der Waals surface area contributed by atoms with Crippen LogP contribution in [0.2, 0.25) is 0 Å². The average molecular weight is 270 g/mol. The van der Waals surface area contributed by atoms with Gasteiger partial charge in [-0.15, -0.1) is 0 Å². The average Bonchev–Trinajstić information content (AvgIpc) is 3.04. The van der Waals surface area contributed by atoms with Gasteiger partial charge in [0.2, 0.25) is 5.91 Å². The highest BCUT2D eigenvalue weighted by Crippen LogP contribution is 2.31. The van der Waals surface area contributed by atoms with Crippen molar-refractivity contribution in [2.24, 2.45) is 17.8 Å². The molecule has 1 aliphatic heterocycles. The van der Waals surface area contributed by atoms with Gasteiger partial charge in [-0.1, -0.05) is 6.42 Å². The lowest BCUT2D eigenvalue weighted by Crippen LogP contribution is -2.44. The number of hydrogen-bond acceptors (Lipinski definition) is 4. The Morgan fingerprint density at radius 3 is 2.74 bits per heavy atom. The molecule has 0 bridgehead atoms. The van der Waals surface area contributed by atoms with Gasteiger partial charge in [-0.2, -0.15) is 0 Å². The molecular formula is C13H22N2O4. The minimum absolute atomic E-state index is 0.0344. The van der Waals surface area contributed by atoms with Gasteiger partial charge in [0, 0.05) is 12.6 Å². The minimum Gasteiger partial charge on any atom is -0.481 e. The minimum atomic E-state index is -0.742. The molecule has 6 nitrogen and oxygen atoms in total. The highest BCUT2D eigenvalue weighted by molar-refractivity contribution is 5.80. The fraction of sp³-hybridized carbons (Fsp3) is 0.846. The van der Waals surface area contributed by atoms with E-state index < -0.39 is 5.97 Å². The molecule has 2 rings (SSSR count). The smallest absolute Gasteiger partial charge is 0.306 e. The molecule has 1 saturated carbocycles. The summed E-state index contributed by atoms with van der Waals surface area (Å²) < 4.78 is 5.30. The van der Waals surface area contributed by atoms with Gasteiger partial charge in [0.25, 0.3) is 0 Å². The number of aliphatic carboxylic acids is 1. The Bertz CT molecular complexity index is 348. The first-order valence-corrected chi connectivity index (χ1v) is 6.89. The molecule has 0 aromatic rings. The van der Waals surface area contributed by atoms with Crippen molar-refractivity contribution in [1.82, 2.24) is 10.6 Å². The van der Waals surface area contributed by atoms with E-state index in [1.165, 1.54) is 0 Å². The standard InChI is InChI=1S/C13H22N2O4/c1-14-11-7-19-6-10(11)12(16)15-5-8-3-2-4-9(8)13(17)18/h8-11,14H,2-7H2,1H3,(H,15,16)(H,17,18). The second kappa shape index (κ2) is 6.34. The SMILES string of the molecule is CNC1COCC1C(=O)NCC1CCCC1C(=O)O. The van der Waals surface area contributed by atoms with Crippen LogP contribution in [0.1, 0.15) is 19.3 Å². The summed E-state index contributed by atoms with van der Waals surface area (Å²) in [6.07, 6.45) is 2.54. The van der Waals surface area contributed by atoms with Crippen molar-refractivity contribution in [3.8, 4) is 0 Å². The molecule has 6 heteroatoms. The largest absolute Gasteiger partial charge is 0.481 e. The summed E-state index contributed by atoms with van der Waals surface area (Å²) in [7, 11) is 1.82. The van der Waals surface area contributed by atoms with Gasteiger partial charge >= 0.3 is 5.97 Å². The van der Waals surface area contributed by atoms with E-state index in [4.69, 9.17) is 9.84 Å². The van der Waals surface area contributed by atoms with Crippen LogP contribution in [-0.2, 0) is 14.3 Å². The number of nitrogens with one attached hydrogen (secondary N) is 2. The summed E-state index contributed by atoms with van der Waals surface area (Å²) >= 11 is 0. The first-order chi connectivity index (χ1) is 9.13. The third kappa shape index (κ3) is 3.25. The monoisotopic (exact) mass is 270 g/mol. The van der Waals surface area contributed by atoms with Gasteiger partial charge in [0.05, 0.1) is 25.0 Å². The second-order valence-corrected chi connectivity index (χ2v) is 5.42. The van der Waals surface area contributed by atoms with Crippen LogP contribution in [0.3, 0.4) is 0 Å². The number of carbonyl (C=O) groups is 2. The quantitative estimate of drug-likeness (QED) is 0.646. The molecule has 1 amide bonds. The topological polar surface area (TPSA) is 87.7 Å². The highest BCUT2D eigenvalue weighted by atomic mass is 16.5. The van der Waals surface area contributed by atoms with Gasteiger partial charge < -0.3 is 20.5 Å². The third-order valence-electron chi connectivity index (χ3n) is 4.30. The maximum Gasteiger partial charge on any atom is 0.306 e. The molecule has 2 aliphatic rings. The Kier molecular flexibility index (Phi) is 4.76. The van der Waals surface area contributed by atoms with Crippen molar-refractivity contribution in [3.05, 3.63) is 0 Å². The Balaban J connectivity index is 1.81. The fourth-order valence-corrected chi connectivity index (χ4v) is 3.07. The van der Waals surface area contributed by atoms with Crippen LogP contribution in [0.25, 0.3) is 0 Å². The summed E-state index contributed by atoms with van der Waals surface area (Å²) in [4.78, 5) is 23.1. The molecule has 19 heavy (non-hydrogen) atoms. The normalized spacial score (nSPS) is 34.4. The molecule has 0 radical (unpaired) electrons. The lowest BCUT2D eigenvalue weighted by Gasteiger charge is -2.20. The molecule has 1 saturated heterocycles. The maximum atomic E-state index is 12.1. The molecule has 108 valence electrons. The van der Waals surface area contributed by atoms with Crippen molar-refractivity contribution in [3.63, 3.8) is 0 Å². The zero-order chi connectivity index (χ0) is 13.8. The molecule has 4 unspecified atom stereocenters. The molecule has 2 fully saturated rings. The maximum absolute atomic E-state index is 12.1. The Morgan fingerprint density at radius 1 is 1.26 bits per heavy atom. The zero-order valence-electron chi connectivity index (χ0n) is 11.2. The van der Waals surface area contributed by atoms with Gasteiger partial charge in [0.15, 0.2) is 0 Å². The molecule has 1 aliphatic carbocycles. The highest BCUT2D eigenvalue weighted by Gasteiger charge is 2.36. The number of amides is 1. The first kappa shape index (κ1) is 14.3. The van der Waals surface area contributed by atoms with Crippen molar-refractivity contribution in [2.75, 3.05) is 26.8 Å². The summed E-state index contributed by atoms with van der Waals surface area (Å²) in [6, 6.07) is 0.0545. The predicted octanol–water partition coefficient (Wildman–Crippen LogP) is -0.162. The van der Waals surface area contributed by atoms with Crippen molar-refractivity contribution < 1.29 is 19.4 Å². The first-order valence-electron chi connectivity index (χ1n) is 6.89. The summed E-state index contributed by atoms with van der Waals surface area (Å²) in [6.45, 7) is 1.45. The van der Waals surface area contributed by atoms with E-state index in [0.29, 0.717) is 19.8 Å². The van der Waals surface area contributed by atoms with Gasteiger partial charge in [0.1, 0.15) is 0 Å². The number of rotatable bonds is 5. The number of carbonyl (C=O) groups excluding carboxylic acids is 1. The molecule has 3 N–H and O–H groups in total. The summed E-state index contributed by atoms with van der Waals surface area (Å²) in [5.74, 6) is -1.19. The summed E-state index contributed by atoms with van der Waals surface area (Å²) in [5.41, 5.74) is 0. The number of likely N-dealkylation sites (N-methyl/N-ethyl adjacent to an activating group) is 1. The number of carboxylic acid groups (broad SMARTS) is 1. The number of ether oxygens (including phenoxy) is 1. The van der Waals surface area contributed by atoms with E-state index in [0.717, 1.165) is 19.3 Å². The lowest BCUT2D eigenvalue weighted by molar-refractivity contribution is -0.143. The second-order valence-electron chi connectivity index (χ2n) is 5.42. The van der Waals surface area contributed by atoms with E-state index in [1.54, 1.807) is 0 Å². The molecule has 1 heterocycles. The van der Waals surface area contributed by atoms with Crippen LogP contribution in [0.4, 0.5) is 0 Å². The van der Waals surface area contributed by atoms with E-state index in [2.05, 4.69) is 10.6 Å². The van der Waals surface area contributed by atoms with E-state index in [9.17, 15) is 9.59 Å².